The van der Waals surface area contributed by atoms with Crippen LogP contribution in [0.5, 0.6) is 0 Å². The highest BCUT2D eigenvalue weighted by atomic mass is 15.1. The van der Waals surface area contributed by atoms with Crippen molar-refractivity contribution in [2.75, 3.05) is 33.2 Å². The molecule has 1 saturated heterocycles. The first kappa shape index (κ1) is 11.0. The number of hydrogen-bond acceptors (Lipinski definition) is 2. The summed E-state index contributed by atoms with van der Waals surface area (Å²) in [4.78, 5) is 2.42. The summed E-state index contributed by atoms with van der Waals surface area (Å²) in [6.45, 7) is 9.49. The van der Waals surface area contributed by atoms with E-state index in [4.69, 9.17) is 0 Å². The third-order valence-corrected chi connectivity index (χ3v) is 2.92. The van der Waals surface area contributed by atoms with Crippen LogP contribution >= 0.6 is 0 Å². The van der Waals surface area contributed by atoms with E-state index in [9.17, 15) is 0 Å². The molecule has 0 unspecified atom stereocenters. The van der Waals surface area contributed by atoms with Gasteiger partial charge in [0.1, 0.15) is 0 Å². The van der Waals surface area contributed by atoms with Crippen LogP contribution < -0.4 is 5.32 Å². The molecule has 1 fully saturated rings. The maximum absolute atomic E-state index is 3.53. The summed E-state index contributed by atoms with van der Waals surface area (Å²) < 4.78 is 0. The normalized spacial score (nSPS) is 27.0. The Bertz CT molecular complexity index is 129. The summed E-state index contributed by atoms with van der Waals surface area (Å²) in [5.41, 5.74) is 0.496. The van der Waals surface area contributed by atoms with Crippen LogP contribution in [-0.2, 0) is 0 Å². The number of hydrogen-bond donors (Lipinski definition) is 1. The van der Waals surface area contributed by atoms with Gasteiger partial charge < -0.3 is 10.2 Å². The fraction of sp³-hybridized carbons (Fsp3) is 1.00. The molecule has 0 aliphatic carbocycles. The van der Waals surface area contributed by atoms with Crippen molar-refractivity contribution in [2.24, 2.45) is 5.41 Å². The SMILES string of the molecule is CN1CCCCC(C)(C)CNCC1. The van der Waals surface area contributed by atoms with E-state index >= 15 is 0 Å². The number of nitrogens with one attached hydrogen (secondary N) is 1. The zero-order valence-corrected chi connectivity index (χ0v) is 9.40. The minimum absolute atomic E-state index is 0.496. The van der Waals surface area contributed by atoms with Gasteiger partial charge in [-0.05, 0) is 31.8 Å². The lowest BCUT2D eigenvalue weighted by molar-refractivity contribution is 0.252. The molecule has 1 aliphatic rings. The maximum Gasteiger partial charge on any atom is 0.0104 e. The lowest BCUT2D eigenvalue weighted by atomic mass is 9.87. The first-order valence-electron chi connectivity index (χ1n) is 5.49. The van der Waals surface area contributed by atoms with Crippen LogP contribution in [0.1, 0.15) is 33.1 Å². The lowest BCUT2D eigenvalue weighted by Crippen LogP contribution is -2.36. The Morgan fingerprint density at radius 3 is 2.69 bits per heavy atom. The van der Waals surface area contributed by atoms with E-state index in [2.05, 4.69) is 31.1 Å². The van der Waals surface area contributed by atoms with Crippen molar-refractivity contribution in [1.29, 1.82) is 0 Å². The van der Waals surface area contributed by atoms with Crippen LogP contribution in [0.15, 0.2) is 0 Å². The Morgan fingerprint density at radius 1 is 1.15 bits per heavy atom. The monoisotopic (exact) mass is 184 g/mol. The minimum Gasteiger partial charge on any atom is -0.315 e. The van der Waals surface area contributed by atoms with Gasteiger partial charge in [-0.2, -0.15) is 0 Å². The largest absolute Gasteiger partial charge is 0.315 e. The highest BCUT2D eigenvalue weighted by Gasteiger charge is 2.17. The lowest BCUT2D eigenvalue weighted by Gasteiger charge is -2.28. The molecule has 2 nitrogen and oxygen atoms in total. The zero-order chi connectivity index (χ0) is 9.73. The van der Waals surface area contributed by atoms with E-state index in [1.54, 1.807) is 0 Å². The van der Waals surface area contributed by atoms with Crippen LogP contribution in [0, 0.1) is 5.41 Å². The van der Waals surface area contributed by atoms with Crippen LogP contribution in [0.2, 0.25) is 0 Å². The Labute approximate surface area is 82.7 Å². The van der Waals surface area contributed by atoms with Crippen molar-refractivity contribution in [3.63, 3.8) is 0 Å². The summed E-state index contributed by atoms with van der Waals surface area (Å²) >= 11 is 0. The van der Waals surface area contributed by atoms with E-state index in [0.29, 0.717) is 5.41 Å². The Hall–Kier alpha value is -0.0800. The average Bonchev–Trinajstić information content (AvgIpc) is 2.06. The number of likely N-dealkylation sites (N-methyl/N-ethyl adjacent to an activating group) is 1. The van der Waals surface area contributed by atoms with Crippen LogP contribution in [0.4, 0.5) is 0 Å². The van der Waals surface area contributed by atoms with Gasteiger partial charge in [0.25, 0.3) is 0 Å². The molecule has 0 amide bonds. The van der Waals surface area contributed by atoms with Crippen LogP contribution in [0.3, 0.4) is 0 Å². The van der Waals surface area contributed by atoms with Crippen molar-refractivity contribution in [1.82, 2.24) is 10.2 Å². The van der Waals surface area contributed by atoms with Gasteiger partial charge in [-0.1, -0.05) is 20.3 Å². The molecule has 0 spiro atoms. The van der Waals surface area contributed by atoms with Gasteiger partial charge in [-0.3, -0.25) is 0 Å². The second kappa shape index (κ2) is 4.97. The van der Waals surface area contributed by atoms with Crippen LogP contribution in [0.25, 0.3) is 0 Å². The van der Waals surface area contributed by atoms with Crippen LogP contribution in [-0.4, -0.2) is 38.1 Å². The molecule has 1 rings (SSSR count). The second-order valence-electron chi connectivity index (χ2n) is 5.10. The molecule has 0 bridgehead atoms. The quantitative estimate of drug-likeness (QED) is 0.616. The van der Waals surface area contributed by atoms with E-state index < -0.39 is 0 Å². The number of nitrogens with zero attached hydrogens (tertiary/aromatic N) is 1. The first-order valence-corrected chi connectivity index (χ1v) is 5.49. The average molecular weight is 184 g/mol. The summed E-state index contributed by atoms with van der Waals surface area (Å²) in [6.07, 6.45) is 4.09. The molecule has 13 heavy (non-hydrogen) atoms. The Morgan fingerprint density at radius 2 is 1.92 bits per heavy atom. The van der Waals surface area contributed by atoms with E-state index in [1.165, 1.54) is 38.9 Å². The molecule has 0 radical (unpaired) electrons. The molecule has 0 aromatic heterocycles. The Kier molecular flexibility index (Phi) is 4.20. The van der Waals surface area contributed by atoms with Gasteiger partial charge in [0.15, 0.2) is 0 Å². The fourth-order valence-electron chi connectivity index (χ4n) is 1.88. The molecule has 78 valence electrons. The Balaban J connectivity index is 2.33. The van der Waals surface area contributed by atoms with Crippen molar-refractivity contribution in [3.05, 3.63) is 0 Å². The molecule has 1 N–H and O–H groups in total. The van der Waals surface area contributed by atoms with E-state index in [-0.39, 0.29) is 0 Å². The molecule has 0 atom stereocenters. The smallest absolute Gasteiger partial charge is 0.0104 e. The van der Waals surface area contributed by atoms with Gasteiger partial charge in [-0.25, -0.2) is 0 Å². The molecule has 0 aromatic carbocycles. The molecule has 0 aromatic rings. The standard InChI is InChI=1S/C11H24N2/c1-11(2)6-4-5-8-13(3)9-7-12-10-11/h12H,4-10H2,1-3H3. The van der Waals surface area contributed by atoms with Gasteiger partial charge in [0.2, 0.25) is 0 Å². The molecule has 1 aliphatic heterocycles. The first-order chi connectivity index (χ1) is 6.10. The van der Waals surface area contributed by atoms with Gasteiger partial charge in [0, 0.05) is 19.6 Å². The zero-order valence-electron chi connectivity index (χ0n) is 9.40. The van der Waals surface area contributed by atoms with Gasteiger partial charge in [0.05, 0.1) is 0 Å². The fourth-order valence-corrected chi connectivity index (χ4v) is 1.88. The van der Waals surface area contributed by atoms with Crippen molar-refractivity contribution in [3.8, 4) is 0 Å². The third-order valence-electron chi connectivity index (χ3n) is 2.92. The number of rotatable bonds is 0. The van der Waals surface area contributed by atoms with Crippen molar-refractivity contribution < 1.29 is 0 Å². The van der Waals surface area contributed by atoms with Gasteiger partial charge >= 0.3 is 0 Å². The molecule has 0 saturated carbocycles. The topological polar surface area (TPSA) is 15.3 Å². The maximum atomic E-state index is 3.53. The van der Waals surface area contributed by atoms with E-state index in [0.717, 1.165) is 6.54 Å². The third kappa shape index (κ3) is 4.63. The molecule has 2 heteroatoms. The van der Waals surface area contributed by atoms with E-state index in [1.807, 2.05) is 0 Å². The summed E-state index contributed by atoms with van der Waals surface area (Å²) in [5, 5.41) is 3.53. The molecular weight excluding hydrogens is 160 g/mol. The molecular formula is C11H24N2. The second-order valence-corrected chi connectivity index (χ2v) is 5.10. The highest BCUT2D eigenvalue weighted by Crippen LogP contribution is 2.22. The summed E-state index contributed by atoms with van der Waals surface area (Å²) in [7, 11) is 2.22. The van der Waals surface area contributed by atoms with Crippen molar-refractivity contribution in [2.45, 2.75) is 33.1 Å². The molecule has 1 heterocycles. The summed E-state index contributed by atoms with van der Waals surface area (Å²) in [6, 6.07) is 0. The minimum atomic E-state index is 0.496. The summed E-state index contributed by atoms with van der Waals surface area (Å²) in [5.74, 6) is 0. The van der Waals surface area contributed by atoms with Gasteiger partial charge in [-0.15, -0.1) is 0 Å². The predicted molar refractivity (Wildman–Crippen MR) is 58.0 cm³/mol. The van der Waals surface area contributed by atoms with Crippen molar-refractivity contribution >= 4 is 0 Å². The predicted octanol–water partition coefficient (Wildman–Crippen LogP) is 1.72. The highest BCUT2D eigenvalue weighted by molar-refractivity contribution is 4.73.